The smallest absolute Gasteiger partial charge is 0.258 e. The molecule has 2 rings (SSSR count). The molecule has 1 amide bonds. The maximum Gasteiger partial charge on any atom is 0.258 e. The van der Waals surface area contributed by atoms with E-state index >= 15 is 0 Å². The molecule has 2 aromatic rings. The minimum atomic E-state index is -3.28. The Hall–Kier alpha value is -2.38. The molecule has 0 aromatic heterocycles. The predicted octanol–water partition coefficient (Wildman–Crippen LogP) is 1.74. The lowest BCUT2D eigenvalue weighted by atomic mass is 10.1. The molecule has 6 nitrogen and oxygen atoms in total. The molecular weight excluding hydrogens is 340 g/mol. The van der Waals surface area contributed by atoms with Crippen LogP contribution in [0.5, 0.6) is 5.75 Å². The Kier molecular flexibility index (Phi) is 6.55. The van der Waals surface area contributed by atoms with Crippen LogP contribution in [-0.4, -0.2) is 28.0 Å². The van der Waals surface area contributed by atoms with Crippen LogP contribution in [0.3, 0.4) is 0 Å². The fourth-order valence-corrected chi connectivity index (χ4v) is 2.93. The molecule has 0 spiro atoms. The van der Waals surface area contributed by atoms with Crippen LogP contribution in [0, 0.1) is 6.92 Å². The molecule has 0 unspecified atom stereocenters. The molecule has 0 heterocycles. The van der Waals surface area contributed by atoms with Gasteiger partial charge in [-0.2, -0.15) is 0 Å². The van der Waals surface area contributed by atoms with E-state index in [9.17, 15) is 13.2 Å². The number of carbonyl (C=O) groups is 1. The highest BCUT2D eigenvalue weighted by Gasteiger charge is 2.08. The molecule has 0 aliphatic rings. The summed E-state index contributed by atoms with van der Waals surface area (Å²) in [5.74, 6) is 0.370. The number of carbonyl (C=O) groups excluding carboxylic acids is 1. The Morgan fingerprint density at radius 1 is 1.08 bits per heavy atom. The van der Waals surface area contributed by atoms with Crippen LogP contribution in [0.4, 0.5) is 0 Å². The summed E-state index contributed by atoms with van der Waals surface area (Å²) in [6, 6.07) is 14.6. The van der Waals surface area contributed by atoms with Gasteiger partial charge in [0.25, 0.3) is 5.91 Å². The Morgan fingerprint density at radius 2 is 1.76 bits per heavy atom. The lowest BCUT2D eigenvalue weighted by Crippen LogP contribution is -2.28. The van der Waals surface area contributed by atoms with Crippen molar-refractivity contribution in [3.8, 4) is 5.75 Å². The van der Waals surface area contributed by atoms with E-state index in [0.29, 0.717) is 17.9 Å². The van der Waals surface area contributed by atoms with Crippen molar-refractivity contribution in [3.05, 3.63) is 65.2 Å². The van der Waals surface area contributed by atoms with Gasteiger partial charge in [0.15, 0.2) is 6.61 Å². The second kappa shape index (κ2) is 8.64. The second-order valence-electron chi connectivity index (χ2n) is 5.66. The zero-order chi connectivity index (χ0) is 18.3. The molecule has 2 N–H and O–H groups in total. The molecule has 7 heteroatoms. The van der Waals surface area contributed by atoms with Gasteiger partial charge >= 0.3 is 0 Å². The third-order valence-electron chi connectivity index (χ3n) is 3.54. The van der Waals surface area contributed by atoms with Gasteiger partial charge < -0.3 is 10.1 Å². The number of amides is 1. The first-order chi connectivity index (χ1) is 11.9. The van der Waals surface area contributed by atoms with Crippen LogP contribution in [0.2, 0.25) is 0 Å². The standard InChI is InChI=1S/C18H22N2O4S/c1-14-4-3-5-17(10-14)24-12-18(21)20-11-15-6-8-16(9-7-15)13-25(22,23)19-2/h3-10,19H,11-13H2,1-2H3,(H,20,21). The molecule has 0 aliphatic carbocycles. The Bertz CT molecular complexity index is 817. The summed E-state index contributed by atoms with van der Waals surface area (Å²) in [6.07, 6.45) is 0. The van der Waals surface area contributed by atoms with Gasteiger partial charge in [0, 0.05) is 6.54 Å². The fraction of sp³-hybridized carbons (Fsp3) is 0.278. The quantitative estimate of drug-likeness (QED) is 0.749. The molecule has 0 saturated heterocycles. The minimum Gasteiger partial charge on any atom is -0.484 e. The number of ether oxygens (including phenoxy) is 1. The number of sulfonamides is 1. The van der Waals surface area contributed by atoms with Gasteiger partial charge in [0.05, 0.1) is 5.75 Å². The van der Waals surface area contributed by atoms with Crippen LogP contribution in [0.1, 0.15) is 16.7 Å². The van der Waals surface area contributed by atoms with Crippen LogP contribution >= 0.6 is 0 Å². The van der Waals surface area contributed by atoms with Gasteiger partial charge in [-0.15, -0.1) is 0 Å². The van der Waals surface area contributed by atoms with Crippen molar-refractivity contribution < 1.29 is 17.9 Å². The largest absolute Gasteiger partial charge is 0.484 e. The second-order valence-corrected chi connectivity index (χ2v) is 7.59. The predicted molar refractivity (Wildman–Crippen MR) is 96.6 cm³/mol. The van der Waals surface area contributed by atoms with Crippen molar-refractivity contribution in [2.45, 2.75) is 19.2 Å². The van der Waals surface area contributed by atoms with Gasteiger partial charge in [0.1, 0.15) is 5.75 Å². The van der Waals surface area contributed by atoms with Crippen molar-refractivity contribution in [3.63, 3.8) is 0 Å². The summed E-state index contributed by atoms with van der Waals surface area (Å²) < 4.78 is 30.7. The minimum absolute atomic E-state index is 0.0536. The molecule has 0 saturated carbocycles. The van der Waals surface area contributed by atoms with E-state index in [4.69, 9.17) is 4.74 Å². The number of benzene rings is 2. The molecule has 2 aromatic carbocycles. The highest BCUT2D eigenvalue weighted by atomic mass is 32.2. The van der Waals surface area contributed by atoms with E-state index in [-0.39, 0.29) is 18.3 Å². The van der Waals surface area contributed by atoms with Crippen LogP contribution in [0.15, 0.2) is 48.5 Å². The van der Waals surface area contributed by atoms with E-state index < -0.39 is 10.0 Å². The van der Waals surface area contributed by atoms with Crippen molar-refractivity contribution in [2.75, 3.05) is 13.7 Å². The van der Waals surface area contributed by atoms with E-state index in [1.165, 1.54) is 7.05 Å². The first kappa shape index (κ1) is 19.0. The number of rotatable bonds is 8. The summed E-state index contributed by atoms with van der Waals surface area (Å²) in [5, 5.41) is 2.77. The maximum atomic E-state index is 11.8. The zero-order valence-corrected chi connectivity index (χ0v) is 15.1. The van der Waals surface area contributed by atoms with Gasteiger partial charge in [0.2, 0.25) is 10.0 Å². The summed E-state index contributed by atoms with van der Waals surface area (Å²) in [7, 11) is -1.90. The van der Waals surface area contributed by atoms with Crippen molar-refractivity contribution in [1.29, 1.82) is 0 Å². The molecule has 0 fully saturated rings. The molecular formula is C18H22N2O4S. The highest BCUT2D eigenvalue weighted by Crippen LogP contribution is 2.12. The van der Waals surface area contributed by atoms with E-state index in [0.717, 1.165) is 11.1 Å². The molecule has 0 aliphatic heterocycles. The normalized spacial score (nSPS) is 11.1. The maximum absolute atomic E-state index is 11.8. The summed E-state index contributed by atoms with van der Waals surface area (Å²) in [4.78, 5) is 11.8. The highest BCUT2D eigenvalue weighted by molar-refractivity contribution is 7.88. The first-order valence-corrected chi connectivity index (χ1v) is 9.48. The molecule has 25 heavy (non-hydrogen) atoms. The lowest BCUT2D eigenvalue weighted by Gasteiger charge is -2.09. The van der Waals surface area contributed by atoms with Gasteiger partial charge in [-0.25, -0.2) is 13.1 Å². The summed E-state index contributed by atoms with van der Waals surface area (Å²) in [6.45, 7) is 2.26. The third kappa shape index (κ3) is 6.56. The monoisotopic (exact) mass is 362 g/mol. The summed E-state index contributed by atoms with van der Waals surface area (Å²) in [5.41, 5.74) is 2.64. The van der Waals surface area contributed by atoms with Crippen molar-refractivity contribution >= 4 is 15.9 Å². The van der Waals surface area contributed by atoms with E-state index in [1.807, 2.05) is 25.1 Å². The lowest BCUT2D eigenvalue weighted by molar-refractivity contribution is -0.123. The molecule has 0 bridgehead atoms. The SMILES string of the molecule is CNS(=O)(=O)Cc1ccc(CNC(=O)COc2cccc(C)c2)cc1. The molecule has 0 radical (unpaired) electrons. The zero-order valence-electron chi connectivity index (χ0n) is 14.3. The third-order valence-corrected chi connectivity index (χ3v) is 4.88. The Morgan fingerprint density at radius 3 is 2.40 bits per heavy atom. The Labute approximate surface area is 148 Å². The van der Waals surface area contributed by atoms with Gasteiger partial charge in [-0.05, 0) is 42.8 Å². The molecule has 0 atom stereocenters. The number of hydrogen-bond donors (Lipinski definition) is 2. The summed E-state index contributed by atoms with van der Waals surface area (Å²) >= 11 is 0. The average Bonchev–Trinajstić information content (AvgIpc) is 2.59. The fourth-order valence-electron chi connectivity index (χ4n) is 2.15. The molecule has 134 valence electrons. The Balaban J connectivity index is 1.79. The average molecular weight is 362 g/mol. The van der Waals surface area contributed by atoms with Crippen LogP contribution < -0.4 is 14.8 Å². The van der Waals surface area contributed by atoms with Crippen LogP contribution in [-0.2, 0) is 27.1 Å². The number of aryl methyl sites for hydroxylation is 1. The van der Waals surface area contributed by atoms with Crippen LogP contribution in [0.25, 0.3) is 0 Å². The number of nitrogens with one attached hydrogen (secondary N) is 2. The topological polar surface area (TPSA) is 84.5 Å². The number of hydrogen-bond acceptors (Lipinski definition) is 4. The van der Waals surface area contributed by atoms with Gasteiger partial charge in [-0.3, -0.25) is 4.79 Å². The van der Waals surface area contributed by atoms with E-state index in [1.54, 1.807) is 30.3 Å². The van der Waals surface area contributed by atoms with Crippen molar-refractivity contribution in [1.82, 2.24) is 10.0 Å². The van der Waals surface area contributed by atoms with Gasteiger partial charge in [-0.1, -0.05) is 36.4 Å². The van der Waals surface area contributed by atoms with E-state index in [2.05, 4.69) is 10.0 Å². The van der Waals surface area contributed by atoms with Crippen molar-refractivity contribution in [2.24, 2.45) is 0 Å². The first-order valence-electron chi connectivity index (χ1n) is 7.83.